The van der Waals surface area contributed by atoms with Gasteiger partial charge >= 0.3 is 5.97 Å². The van der Waals surface area contributed by atoms with Crippen molar-refractivity contribution in [1.82, 2.24) is 0 Å². The highest BCUT2D eigenvalue weighted by atomic mass is 16.6. The van der Waals surface area contributed by atoms with E-state index in [-0.39, 0.29) is 12.2 Å². The fraction of sp³-hybridized carbons (Fsp3) is 0.364. The van der Waals surface area contributed by atoms with Crippen LogP contribution in [0.15, 0.2) is 12.1 Å². The van der Waals surface area contributed by atoms with Gasteiger partial charge in [-0.3, -0.25) is 4.79 Å². The quantitative estimate of drug-likeness (QED) is 0.692. The van der Waals surface area contributed by atoms with Crippen LogP contribution in [0.3, 0.4) is 0 Å². The molecule has 0 aliphatic carbocycles. The predicted octanol–water partition coefficient (Wildman–Crippen LogP) is 0.118. The van der Waals surface area contributed by atoms with Gasteiger partial charge in [-0.2, -0.15) is 0 Å². The van der Waals surface area contributed by atoms with E-state index in [0.29, 0.717) is 30.3 Å². The number of carboxylic acid groups (broad SMARTS) is 1. The predicted molar refractivity (Wildman–Crippen MR) is 58.4 cm³/mol. The Morgan fingerprint density at radius 2 is 2.12 bits per heavy atom. The van der Waals surface area contributed by atoms with Crippen molar-refractivity contribution < 1.29 is 24.5 Å². The highest BCUT2D eigenvalue weighted by Crippen LogP contribution is 2.39. The van der Waals surface area contributed by atoms with Gasteiger partial charge in [0.25, 0.3) is 0 Å². The number of phenolic OH excluding ortho intramolecular Hbond substituents is 1. The minimum Gasteiger partial charge on any atom is -0.508 e. The van der Waals surface area contributed by atoms with Gasteiger partial charge in [0.05, 0.1) is 0 Å². The van der Waals surface area contributed by atoms with Gasteiger partial charge in [0.2, 0.25) is 0 Å². The first-order valence-corrected chi connectivity index (χ1v) is 5.18. The van der Waals surface area contributed by atoms with Gasteiger partial charge in [-0.05, 0) is 12.1 Å². The molecule has 0 amide bonds. The minimum absolute atomic E-state index is 0.00625. The van der Waals surface area contributed by atoms with Crippen molar-refractivity contribution in [2.45, 2.75) is 12.5 Å². The zero-order valence-electron chi connectivity index (χ0n) is 9.05. The van der Waals surface area contributed by atoms with Crippen molar-refractivity contribution in [3.63, 3.8) is 0 Å². The molecule has 0 radical (unpaired) electrons. The molecule has 0 bridgehead atoms. The van der Waals surface area contributed by atoms with E-state index in [4.69, 9.17) is 20.3 Å². The first-order valence-electron chi connectivity index (χ1n) is 5.18. The van der Waals surface area contributed by atoms with Crippen molar-refractivity contribution >= 4 is 5.97 Å². The summed E-state index contributed by atoms with van der Waals surface area (Å²) in [6.45, 7) is 0.800. The Morgan fingerprint density at radius 1 is 1.41 bits per heavy atom. The molecule has 1 atom stereocenters. The third kappa shape index (κ3) is 2.26. The molecular weight excluding hydrogens is 226 g/mol. The molecule has 1 aliphatic heterocycles. The molecule has 1 unspecified atom stereocenters. The number of aromatic hydroxyl groups is 1. The highest BCUT2D eigenvalue weighted by Gasteiger charge is 2.23. The van der Waals surface area contributed by atoms with Crippen molar-refractivity contribution in [1.29, 1.82) is 0 Å². The van der Waals surface area contributed by atoms with Crippen LogP contribution in [0.25, 0.3) is 0 Å². The first-order chi connectivity index (χ1) is 8.09. The number of ether oxygens (including phenoxy) is 2. The van der Waals surface area contributed by atoms with Gasteiger partial charge in [-0.15, -0.1) is 0 Å². The molecule has 0 spiro atoms. The number of fused-ring (bicyclic) bond motifs is 1. The number of carboxylic acids is 1. The third-order valence-electron chi connectivity index (χ3n) is 2.53. The maximum Gasteiger partial charge on any atom is 0.320 e. The van der Waals surface area contributed by atoms with Gasteiger partial charge < -0.3 is 25.4 Å². The van der Waals surface area contributed by atoms with Crippen LogP contribution in [-0.2, 0) is 11.2 Å². The summed E-state index contributed by atoms with van der Waals surface area (Å²) in [6, 6.07) is 1.94. The Balaban J connectivity index is 2.34. The SMILES string of the molecule is NC(Cc1c(O)ccc2c1OCCO2)C(=O)O. The first kappa shape index (κ1) is 11.5. The third-order valence-corrected chi connectivity index (χ3v) is 2.53. The monoisotopic (exact) mass is 239 g/mol. The molecule has 0 saturated heterocycles. The molecular formula is C11H13NO5. The number of hydrogen-bond donors (Lipinski definition) is 3. The molecule has 4 N–H and O–H groups in total. The smallest absolute Gasteiger partial charge is 0.320 e. The second-order valence-electron chi connectivity index (χ2n) is 3.74. The van der Waals surface area contributed by atoms with Crippen molar-refractivity contribution in [2.75, 3.05) is 13.2 Å². The van der Waals surface area contributed by atoms with Crippen LogP contribution < -0.4 is 15.2 Å². The van der Waals surface area contributed by atoms with E-state index < -0.39 is 12.0 Å². The van der Waals surface area contributed by atoms with Crippen molar-refractivity contribution in [3.8, 4) is 17.2 Å². The Bertz CT molecular complexity index is 446. The van der Waals surface area contributed by atoms with Crippen molar-refractivity contribution in [2.24, 2.45) is 5.73 Å². The van der Waals surface area contributed by atoms with E-state index in [2.05, 4.69) is 0 Å². The molecule has 1 aromatic carbocycles. The summed E-state index contributed by atoms with van der Waals surface area (Å²) in [7, 11) is 0. The Morgan fingerprint density at radius 3 is 2.82 bits per heavy atom. The van der Waals surface area contributed by atoms with Gasteiger partial charge in [0.15, 0.2) is 11.5 Å². The average Bonchev–Trinajstić information content (AvgIpc) is 2.32. The summed E-state index contributed by atoms with van der Waals surface area (Å²) < 4.78 is 10.7. The van der Waals surface area contributed by atoms with Crippen LogP contribution in [0.1, 0.15) is 5.56 Å². The fourth-order valence-corrected chi connectivity index (χ4v) is 1.67. The molecule has 6 heteroatoms. The lowest BCUT2D eigenvalue weighted by molar-refractivity contribution is -0.138. The summed E-state index contributed by atoms with van der Waals surface area (Å²) >= 11 is 0. The molecule has 6 nitrogen and oxygen atoms in total. The largest absolute Gasteiger partial charge is 0.508 e. The fourth-order valence-electron chi connectivity index (χ4n) is 1.67. The maximum absolute atomic E-state index is 10.7. The molecule has 92 valence electrons. The van der Waals surface area contributed by atoms with Crippen LogP contribution >= 0.6 is 0 Å². The number of nitrogens with two attached hydrogens (primary N) is 1. The second-order valence-corrected chi connectivity index (χ2v) is 3.74. The zero-order valence-corrected chi connectivity index (χ0v) is 9.05. The minimum atomic E-state index is -1.13. The van der Waals surface area contributed by atoms with Crippen LogP contribution in [0, 0.1) is 0 Å². The second kappa shape index (κ2) is 4.50. The molecule has 0 fully saturated rings. The van der Waals surface area contributed by atoms with Gasteiger partial charge in [0, 0.05) is 12.0 Å². The molecule has 0 saturated carbocycles. The molecule has 1 aromatic rings. The van der Waals surface area contributed by atoms with E-state index in [1.54, 1.807) is 6.07 Å². The summed E-state index contributed by atoms with van der Waals surface area (Å²) in [4.78, 5) is 10.7. The molecule has 0 aromatic heterocycles. The summed E-state index contributed by atoms with van der Waals surface area (Å²) in [6.07, 6.45) is -0.00625. The van der Waals surface area contributed by atoms with E-state index in [9.17, 15) is 9.90 Å². The van der Waals surface area contributed by atoms with Crippen LogP contribution in [-0.4, -0.2) is 35.4 Å². The molecule has 2 rings (SSSR count). The Labute approximate surface area is 97.6 Å². The summed E-state index contributed by atoms with van der Waals surface area (Å²) in [5, 5.41) is 18.5. The lowest BCUT2D eigenvalue weighted by atomic mass is 10.0. The summed E-state index contributed by atoms with van der Waals surface area (Å²) in [5.41, 5.74) is 5.82. The molecule has 17 heavy (non-hydrogen) atoms. The number of aliphatic carboxylic acids is 1. The van der Waals surface area contributed by atoms with E-state index in [0.717, 1.165) is 0 Å². The normalized spacial score (nSPS) is 15.4. The highest BCUT2D eigenvalue weighted by molar-refractivity contribution is 5.74. The molecule has 1 heterocycles. The van der Waals surface area contributed by atoms with E-state index in [1.807, 2.05) is 0 Å². The molecule has 1 aliphatic rings. The maximum atomic E-state index is 10.7. The topological polar surface area (TPSA) is 102 Å². The van der Waals surface area contributed by atoms with Crippen LogP contribution in [0.5, 0.6) is 17.2 Å². The summed E-state index contributed by atoms with van der Waals surface area (Å²) in [5.74, 6) is -0.278. The Kier molecular flexibility index (Phi) is 3.06. The number of carbonyl (C=O) groups is 1. The number of hydrogen-bond acceptors (Lipinski definition) is 5. The van der Waals surface area contributed by atoms with Gasteiger partial charge in [-0.1, -0.05) is 0 Å². The van der Waals surface area contributed by atoms with Crippen LogP contribution in [0.2, 0.25) is 0 Å². The standard InChI is InChI=1S/C11H13NO5/c12-7(11(14)15)5-6-8(13)1-2-9-10(6)17-4-3-16-9/h1-2,7,13H,3-5,12H2,(H,14,15). The average molecular weight is 239 g/mol. The lowest BCUT2D eigenvalue weighted by Crippen LogP contribution is -2.32. The number of phenols is 1. The zero-order chi connectivity index (χ0) is 12.4. The van der Waals surface area contributed by atoms with Gasteiger partial charge in [0.1, 0.15) is 25.0 Å². The Hall–Kier alpha value is -1.95. The van der Waals surface area contributed by atoms with Crippen molar-refractivity contribution in [3.05, 3.63) is 17.7 Å². The van der Waals surface area contributed by atoms with E-state index in [1.165, 1.54) is 6.07 Å². The van der Waals surface area contributed by atoms with E-state index >= 15 is 0 Å². The number of benzene rings is 1. The lowest BCUT2D eigenvalue weighted by Gasteiger charge is -2.22. The van der Waals surface area contributed by atoms with Crippen LogP contribution in [0.4, 0.5) is 0 Å². The van der Waals surface area contributed by atoms with Gasteiger partial charge in [-0.25, -0.2) is 0 Å². The number of rotatable bonds is 3.